The van der Waals surface area contributed by atoms with Crippen LogP contribution in [0.1, 0.15) is 26.7 Å². The number of hydrogen-bond donors (Lipinski definition) is 1. The van der Waals surface area contributed by atoms with Gasteiger partial charge in [-0.15, -0.1) is 12.3 Å². The van der Waals surface area contributed by atoms with Gasteiger partial charge in [-0.2, -0.15) is 0 Å². The van der Waals surface area contributed by atoms with Crippen molar-refractivity contribution in [3.63, 3.8) is 0 Å². The Morgan fingerprint density at radius 1 is 1.53 bits per heavy atom. The third-order valence-electron chi connectivity index (χ3n) is 2.65. The molecule has 1 aliphatic heterocycles. The Morgan fingerprint density at radius 2 is 2.20 bits per heavy atom. The van der Waals surface area contributed by atoms with Gasteiger partial charge in [0.05, 0.1) is 0 Å². The molecular formula is C11H16N2O2. The number of nitrogens with one attached hydrogen (secondary N) is 1. The largest absolute Gasteiger partial charge is 0.343 e. The molecule has 1 aliphatic rings. The van der Waals surface area contributed by atoms with Gasteiger partial charge in [-0.3, -0.25) is 9.59 Å². The highest BCUT2D eigenvalue weighted by Gasteiger charge is 2.36. The van der Waals surface area contributed by atoms with E-state index in [1.54, 1.807) is 11.8 Å². The molecule has 0 aromatic rings. The highest BCUT2D eigenvalue weighted by atomic mass is 16.2. The molecular weight excluding hydrogens is 192 g/mol. The smallest absolute Gasteiger partial charge is 0.245 e. The molecule has 1 saturated heterocycles. The third kappa shape index (κ3) is 2.30. The van der Waals surface area contributed by atoms with Crippen LogP contribution >= 0.6 is 0 Å². The first-order valence-corrected chi connectivity index (χ1v) is 5.16. The van der Waals surface area contributed by atoms with E-state index in [1.807, 2.05) is 6.92 Å². The van der Waals surface area contributed by atoms with E-state index in [0.29, 0.717) is 19.4 Å². The molecule has 0 aromatic carbocycles. The minimum atomic E-state index is -0.409. The van der Waals surface area contributed by atoms with Crippen molar-refractivity contribution in [2.24, 2.45) is 0 Å². The van der Waals surface area contributed by atoms with E-state index in [0.717, 1.165) is 0 Å². The fourth-order valence-corrected chi connectivity index (χ4v) is 1.65. The van der Waals surface area contributed by atoms with Crippen LogP contribution < -0.4 is 5.32 Å². The molecule has 2 amide bonds. The first kappa shape index (κ1) is 11.6. The topological polar surface area (TPSA) is 49.4 Å². The van der Waals surface area contributed by atoms with Crippen molar-refractivity contribution in [3.8, 4) is 12.3 Å². The molecule has 1 fully saturated rings. The van der Waals surface area contributed by atoms with E-state index in [-0.39, 0.29) is 17.9 Å². The summed E-state index contributed by atoms with van der Waals surface area (Å²) in [4.78, 5) is 24.9. The van der Waals surface area contributed by atoms with Crippen molar-refractivity contribution in [2.75, 3.05) is 6.54 Å². The highest BCUT2D eigenvalue weighted by molar-refractivity contribution is 5.96. The highest BCUT2D eigenvalue weighted by Crippen LogP contribution is 2.11. The van der Waals surface area contributed by atoms with Crippen molar-refractivity contribution >= 4 is 11.8 Å². The van der Waals surface area contributed by atoms with E-state index < -0.39 is 6.04 Å². The van der Waals surface area contributed by atoms with Gasteiger partial charge in [0.15, 0.2) is 0 Å². The predicted molar refractivity (Wildman–Crippen MR) is 56.8 cm³/mol. The van der Waals surface area contributed by atoms with Crippen LogP contribution in [0, 0.1) is 12.3 Å². The zero-order valence-corrected chi connectivity index (χ0v) is 9.12. The van der Waals surface area contributed by atoms with Crippen molar-refractivity contribution < 1.29 is 9.59 Å². The summed E-state index contributed by atoms with van der Waals surface area (Å²) in [6, 6.07) is -0.792. The molecule has 1 heterocycles. The van der Waals surface area contributed by atoms with E-state index >= 15 is 0 Å². The van der Waals surface area contributed by atoms with Crippen molar-refractivity contribution in [1.29, 1.82) is 0 Å². The maximum atomic E-state index is 11.9. The molecule has 1 N–H and O–H groups in total. The van der Waals surface area contributed by atoms with Gasteiger partial charge in [-0.05, 0) is 13.3 Å². The lowest BCUT2D eigenvalue weighted by Gasteiger charge is -2.36. The van der Waals surface area contributed by atoms with Crippen molar-refractivity contribution in [2.45, 2.75) is 38.8 Å². The van der Waals surface area contributed by atoms with Gasteiger partial charge < -0.3 is 10.2 Å². The number of carbonyl (C=O) groups excluding carboxylic acids is 2. The molecule has 4 nitrogen and oxygen atoms in total. The third-order valence-corrected chi connectivity index (χ3v) is 2.65. The number of hydrogen-bond acceptors (Lipinski definition) is 2. The standard InChI is InChI=1S/C11H16N2O2/c1-4-6-7-13-8(3)10(14)12-9(5-2)11(13)15/h1,8-9H,5-7H2,2-3H3,(H,12,14). The SMILES string of the molecule is C#CCCN1C(=O)C(CC)NC(=O)C1C. The fraction of sp³-hybridized carbons (Fsp3) is 0.636. The Morgan fingerprint density at radius 3 is 2.73 bits per heavy atom. The predicted octanol–water partition coefficient (Wildman–Crippen LogP) is 0.135. The molecule has 0 saturated carbocycles. The number of terminal acetylenes is 1. The van der Waals surface area contributed by atoms with Gasteiger partial charge in [-0.1, -0.05) is 6.92 Å². The molecule has 0 spiro atoms. The molecule has 82 valence electrons. The molecule has 4 heteroatoms. The second-order valence-electron chi connectivity index (χ2n) is 3.63. The van der Waals surface area contributed by atoms with E-state index in [2.05, 4.69) is 11.2 Å². The lowest BCUT2D eigenvalue weighted by Crippen LogP contribution is -2.62. The van der Waals surface area contributed by atoms with Gasteiger partial charge in [0.2, 0.25) is 11.8 Å². The Hall–Kier alpha value is -1.50. The van der Waals surface area contributed by atoms with Gasteiger partial charge in [0.25, 0.3) is 0 Å². The Bertz CT molecular complexity index is 306. The molecule has 0 aliphatic carbocycles. The Balaban J connectivity index is 2.76. The average Bonchev–Trinajstić information content (AvgIpc) is 2.23. The molecule has 1 rings (SSSR count). The van der Waals surface area contributed by atoms with E-state index in [9.17, 15) is 9.59 Å². The first-order chi connectivity index (χ1) is 7.11. The fourth-order valence-electron chi connectivity index (χ4n) is 1.65. The average molecular weight is 208 g/mol. The first-order valence-electron chi connectivity index (χ1n) is 5.16. The summed E-state index contributed by atoms with van der Waals surface area (Å²) < 4.78 is 0. The quantitative estimate of drug-likeness (QED) is 0.670. The van der Waals surface area contributed by atoms with E-state index in [4.69, 9.17) is 6.42 Å². The van der Waals surface area contributed by atoms with Crippen LogP contribution in [0.2, 0.25) is 0 Å². The maximum Gasteiger partial charge on any atom is 0.245 e. The minimum absolute atomic E-state index is 0.0279. The summed E-state index contributed by atoms with van der Waals surface area (Å²) in [5.41, 5.74) is 0. The van der Waals surface area contributed by atoms with Crippen LogP contribution in [0.15, 0.2) is 0 Å². The van der Waals surface area contributed by atoms with Gasteiger partial charge >= 0.3 is 0 Å². The van der Waals surface area contributed by atoms with Gasteiger partial charge in [0.1, 0.15) is 12.1 Å². The lowest BCUT2D eigenvalue weighted by molar-refractivity contribution is -0.148. The second kappa shape index (κ2) is 4.83. The zero-order chi connectivity index (χ0) is 11.4. The number of piperazine rings is 1. The minimum Gasteiger partial charge on any atom is -0.343 e. The summed E-state index contributed by atoms with van der Waals surface area (Å²) >= 11 is 0. The van der Waals surface area contributed by atoms with Crippen LogP contribution in [0.25, 0.3) is 0 Å². The molecule has 0 aromatic heterocycles. The molecule has 15 heavy (non-hydrogen) atoms. The van der Waals surface area contributed by atoms with Crippen molar-refractivity contribution in [3.05, 3.63) is 0 Å². The van der Waals surface area contributed by atoms with Crippen molar-refractivity contribution in [1.82, 2.24) is 10.2 Å². The lowest BCUT2D eigenvalue weighted by atomic mass is 10.1. The number of carbonyl (C=O) groups is 2. The summed E-state index contributed by atoms with van der Waals surface area (Å²) in [5, 5.41) is 2.69. The molecule has 0 radical (unpaired) electrons. The molecule has 0 bridgehead atoms. The van der Waals surface area contributed by atoms with Gasteiger partial charge in [0, 0.05) is 13.0 Å². The molecule has 2 atom stereocenters. The Labute approximate surface area is 90.0 Å². The van der Waals surface area contributed by atoms with Crippen LogP contribution in [0.5, 0.6) is 0 Å². The van der Waals surface area contributed by atoms with Gasteiger partial charge in [-0.25, -0.2) is 0 Å². The number of nitrogens with zero attached hydrogens (tertiary/aromatic N) is 1. The summed E-state index contributed by atoms with van der Waals surface area (Å²) in [5.74, 6) is 2.35. The monoisotopic (exact) mass is 208 g/mol. The zero-order valence-electron chi connectivity index (χ0n) is 9.12. The maximum absolute atomic E-state index is 11.9. The van der Waals surface area contributed by atoms with Crippen LogP contribution in [-0.2, 0) is 9.59 Å². The van der Waals surface area contributed by atoms with Crippen LogP contribution in [0.4, 0.5) is 0 Å². The van der Waals surface area contributed by atoms with E-state index in [1.165, 1.54) is 0 Å². The second-order valence-corrected chi connectivity index (χ2v) is 3.63. The summed E-state index contributed by atoms with van der Waals surface area (Å²) in [6.07, 6.45) is 6.25. The summed E-state index contributed by atoms with van der Waals surface area (Å²) in [7, 11) is 0. The van der Waals surface area contributed by atoms with Crippen LogP contribution in [-0.4, -0.2) is 35.3 Å². The number of amides is 2. The normalized spacial score (nSPS) is 26.1. The number of rotatable bonds is 3. The van der Waals surface area contributed by atoms with Crippen LogP contribution in [0.3, 0.4) is 0 Å². The Kier molecular flexibility index (Phi) is 3.73. The molecule has 2 unspecified atom stereocenters. The summed E-state index contributed by atoms with van der Waals surface area (Å²) in [6.45, 7) is 4.05.